The van der Waals surface area contributed by atoms with Crippen molar-refractivity contribution >= 4 is 27.9 Å². The van der Waals surface area contributed by atoms with Gasteiger partial charge in [-0.1, -0.05) is 28.1 Å². The minimum Gasteiger partial charge on any atom is -0.366 e. The number of nitrogens with two attached hydrogens (primary N) is 1. The molecule has 0 atom stereocenters. The quantitative estimate of drug-likeness (QED) is 0.847. The molecule has 0 saturated carbocycles. The van der Waals surface area contributed by atoms with E-state index in [1.165, 1.54) is 0 Å². The van der Waals surface area contributed by atoms with Crippen molar-refractivity contribution in [2.24, 2.45) is 5.73 Å². The first-order valence-corrected chi connectivity index (χ1v) is 4.74. The van der Waals surface area contributed by atoms with Gasteiger partial charge < -0.3 is 5.73 Å². The summed E-state index contributed by atoms with van der Waals surface area (Å²) in [7, 11) is 0. The summed E-state index contributed by atoms with van der Waals surface area (Å²) in [5.41, 5.74) is 7.68. The van der Waals surface area contributed by atoms with Gasteiger partial charge >= 0.3 is 0 Å². The van der Waals surface area contributed by atoms with Crippen molar-refractivity contribution in [2.75, 3.05) is 0 Å². The average Bonchev–Trinajstić information content (AvgIpc) is 2.08. The van der Waals surface area contributed by atoms with Gasteiger partial charge in [0.25, 0.3) is 0 Å². The Morgan fingerprint density at radius 1 is 1.54 bits per heavy atom. The number of rotatable bonds is 2. The fourth-order valence-corrected chi connectivity index (χ4v) is 1.45. The number of hydrogen-bond acceptors (Lipinski definition) is 1. The van der Waals surface area contributed by atoms with Gasteiger partial charge in [-0.05, 0) is 35.2 Å². The Kier molecular flexibility index (Phi) is 3.25. The van der Waals surface area contributed by atoms with E-state index < -0.39 is 0 Å². The smallest absolute Gasteiger partial charge is 0.248 e. The zero-order valence-electron chi connectivity index (χ0n) is 7.25. The largest absolute Gasteiger partial charge is 0.366 e. The van der Waals surface area contributed by atoms with Crippen molar-refractivity contribution in [1.82, 2.24) is 0 Å². The zero-order chi connectivity index (χ0) is 9.84. The second-order valence-electron chi connectivity index (χ2n) is 2.68. The lowest BCUT2D eigenvalue weighted by Gasteiger charge is -2.04. The first-order chi connectivity index (χ1) is 6.16. The number of benzene rings is 1. The van der Waals surface area contributed by atoms with E-state index in [0.717, 1.165) is 11.1 Å². The summed E-state index contributed by atoms with van der Waals surface area (Å²) in [6.07, 6.45) is 1.88. The van der Waals surface area contributed by atoms with Crippen molar-refractivity contribution < 1.29 is 4.79 Å². The predicted molar refractivity (Wildman–Crippen MR) is 57.7 cm³/mol. The molecule has 1 rings (SSSR count). The lowest BCUT2D eigenvalue weighted by atomic mass is 10.0. The van der Waals surface area contributed by atoms with Crippen LogP contribution in [0.3, 0.4) is 0 Å². The van der Waals surface area contributed by atoms with Crippen molar-refractivity contribution in [2.45, 2.75) is 6.92 Å². The number of hydrogen-bond donors (Lipinski definition) is 1. The van der Waals surface area contributed by atoms with Crippen LogP contribution in [0.4, 0.5) is 0 Å². The molecule has 0 aliphatic rings. The van der Waals surface area contributed by atoms with Gasteiger partial charge in [0.05, 0.1) is 0 Å². The van der Waals surface area contributed by atoms with E-state index >= 15 is 0 Å². The third-order valence-corrected chi connectivity index (χ3v) is 2.15. The van der Waals surface area contributed by atoms with Gasteiger partial charge in [-0.2, -0.15) is 0 Å². The second kappa shape index (κ2) is 4.23. The predicted octanol–water partition coefficient (Wildman–Crippen LogP) is 2.46. The van der Waals surface area contributed by atoms with Crippen LogP contribution in [-0.2, 0) is 0 Å². The van der Waals surface area contributed by atoms with Crippen LogP contribution in [0.2, 0.25) is 0 Å². The maximum absolute atomic E-state index is 11.0. The zero-order valence-corrected chi connectivity index (χ0v) is 8.84. The molecular formula is C10H10BrNO. The van der Waals surface area contributed by atoms with Crippen LogP contribution in [0.5, 0.6) is 0 Å². The molecule has 1 aromatic carbocycles. The highest BCUT2D eigenvalue weighted by molar-refractivity contribution is 9.11. The molecule has 0 fully saturated rings. The van der Waals surface area contributed by atoms with Crippen LogP contribution < -0.4 is 5.73 Å². The summed E-state index contributed by atoms with van der Waals surface area (Å²) in [6.45, 7) is 1.88. The SMILES string of the molecule is Cc1c(C=CBr)cccc1C(N)=O. The molecule has 1 amide bonds. The minimum atomic E-state index is -0.387. The molecule has 0 aliphatic heterocycles. The molecule has 1 aromatic rings. The van der Waals surface area contributed by atoms with Gasteiger partial charge in [-0.3, -0.25) is 4.79 Å². The van der Waals surface area contributed by atoms with Gasteiger partial charge in [0.15, 0.2) is 0 Å². The van der Waals surface area contributed by atoms with E-state index in [9.17, 15) is 4.79 Å². The molecule has 0 unspecified atom stereocenters. The molecule has 2 nitrogen and oxygen atoms in total. The first kappa shape index (κ1) is 9.99. The van der Waals surface area contributed by atoms with E-state index in [4.69, 9.17) is 5.73 Å². The Labute approximate surface area is 85.6 Å². The number of carbonyl (C=O) groups excluding carboxylic acids is 1. The molecule has 0 spiro atoms. The summed E-state index contributed by atoms with van der Waals surface area (Å²) in [6, 6.07) is 5.47. The third-order valence-electron chi connectivity index (χ3n) is 1.88. The Bertz CT molecular complexity index is 358. The highest BCUT2D eigenvalue weighted by Crippen LogP contribution is 2.15. The summed E-state index contributed by atoms with van der Waals surface area (Å²) in [5.74, 6) is -0.387. The third kappa shape index (κ3) is 2.18. The summed E-state index contributed by atoms with van der Waals surface area (Å²) < 4.78 is 0. The van der Waals surface area contributed by atoms with Gasteiger partial charge in [-0.25, -0.2) is 0 Å². The van der Waals surface area contributed by atoms with Crippen LogP contribution >= 0.6 is 15.9 Å². The number of halogens is 1. The van der Waals surface area contributed by atoms with Gasteiger partial charge in [0.2, 0.25) is 5.91 Å². The fourth-order valence-electron chi connectivity index (χ4n) is 1.17. The molecule has 0 aliphatic carbocycles. The molecular weight excluding hydrogens is 230 g/mol. The monoisotopic (exact) mass is 239 g/mol. The second-order valence-corrected chi connectivity index (χ2v) is 3.21. The molecule has 0 saturated heterocycles. The molecule has 3 heteroatoms. The van der Waals surface area contributed by atoms with Crippen molar-refractivity contribution in [1.29, 1.82) is 0 Å². The van der Waals surface area contributed by atoms with Crippen molar-refractivity contribution in [3.05, 3.63) is 39.9 Å². The first-order valence-electron chi connectivity index (χ1n) is 3.83. The lowest BCUT2D eigenvalue weighted by molar-refractivity contribution is 0.0999. The molecule has 0 heterocycles. The molecule has 68 valence electrons. The highest BCUT2D eigenvalue weighted by Gasteiger charge is 2.05. The maximum atomic E-state index is 11.0. The molecule has 13 heavy (non-hydrogen) atoms. The minimum absolute atomic E-state index is 0.387. The van der Waals surface area contributed by atoms with E-state index in [-0.39, 0.29) is 5.91 Å². The van der Waals surface area contributed by atoms with Crippen LogP contribution in [0.1, 0.15) is 21.5 Å². The molecule has 2 N–H and O–H groups in total. The molecule has 0 radical (unpaired) electrons. The van der Waals surface area contributed by atoms with Crippen molar-refractivity contribution in [3.8, 4) is 0 Å². The molecule has 0 bridgehead atoms. The Morgan fingerprint density at radius 3 is 2.77 bits per heavy atom. The Hall–Kier alpha value is -1.09. The lowest BCUT2D eigenvalue weighted by Crippen LogP contribution is -2.12. The van der Waals surface area contributed by atoms with E-state index in [1.54, 1.807) is 11.1 Å². The topological polar surface area (TPSA) is 43.1 Å². The van der Waals surface area contributed by atoms with Crippen LogP contribution in [0.15, 0.2) is 23.2 Å². The highest BCUT2D eigenvalue weighted by atomic mass is 79.9. The number of carbonyl (C=O) groups is 1. The Morgan fingerprint density at radius 2 is 2.23 bits per heavy atom. The van der Waals surface area contributed by atoms with Crippen LogP contribution in [0, 0.1) is 6.92 Å². The van der Waals surface area contributed by atoms with E-state index in [0.29, 0.717) is 5.56 Å². The van der Waals surface area contributed by atoms with E-state index in [1.807, 2.05) is 25.1 Å². The van der Waals surface area contributed by atoms with Crippen LogP contribution in [-0.4, -0.2) is 5.91 Å². The van der Waals surface area contributed by atoms with Gasteiger partial charge in [0.1, 0.15) is 0 Å². The number of primary amides is 1. The number of amides is 1. The standard InChI is InChI=1S/C10H10BrNO/c1-7-8(5-6-11)3-2-4-9(7)10(12)13/h2-6H,1H3,(H2,12,13). The summed E-state index contributed by atoms with van der Waals surface area (Å²) >= 11 is 3.19. The molecule has 0 aromatic heterocycles. The van der Waals surface area contributed by atoms with Gasteiger partial charge in [-0.15, -0.1) is 0 Å². The van der Waals surface area contributed by atoms with E-state index in [2.05, 4.69) is 15.9 Å². The average molecular weight is 240 g/mol. The van der Waals surface area contributed by atoms with Crippen LogP contribution in [0.25, 0.3) is 6.08 Å². The normalized spacial score (nSPS) is 10.6. The van der Waals surface area contributed by atoms with Gasteiger partial charge in [0, 0.05) is 5.56 Å². The Balaban J connectivity index is 3.26. The fraction of sp³-hybridized carbons (Fsp3) is 0.100. The maximum Gasteiger partial charge on any atom is 0.248 e. The van der Waals surface area contributed by atoms with Crippen molar-refractivity contribution in [3.63, 3.8) is 0 Å². The summed E-state index contributed by atoms with van der Waals surface area (Å²) in [4.78, 5) is 12.7. The summed E-state index contributed by atoms with van der Waals surface area (Å²) in [5, 5.41) is 0.